The number of carbonyl (C=O) groups excluding carboxylic acids is 2. The van der Waals surface area contributed by atoms with Crippen molar-refractivity contribution in [2.75, 3.05) is 41.9 Å². The second-order valence-electron chi connectivity index (χ2n) is 7.64. The minimum absolute atomic E-state index is 0.0631. The number of likely N-dealkylation sites (N-methyl/N-ethyl adjacent to an activating group) is 1. The zero-order valence-corrected chi connectivity index (χ0v) is 16.7. The number of hydrogen-bond acceptors (Lipinski definition) is 5. The van der Waals surface area contributed by atoms with Crippen LogP contribution in [-0.4, -0.2) is 62.8 Å². The molecule has 148 valence electrons. The Hall–Kier alpha value is -2.09. The van der Waals surface area contributed by atoms with Crippen LogP contribution in [0.3, 0.4) is 0 Å². The Balaban J connectivity index is 1.56. The van der Waals surface area contributed by atoms with Crippen LogP contribution in [0.4, 0.5) is 11.4 Å². The first-order valence-corrected chi connectivity index (χ1v) is 11.2. The number of benzene rings is 1. The van der Waals surface area contributed by atoms with Gasteiger partial charge in [0.2, 0.25) is 0 Å². The molecule has 3 rings (SSSR count). The summed E-state index contributed by atoms with van der Waals surface area (Å²) in [6, 6.07) is 7.04. The second kappa shape index (κ2) is 7.88. The summed E-state index contributed by atoms with van der Waals surface area (Å²) in [5.41, 5.74) is 1.66. The van der Waals surface area contributed by atoms with Gasteiger partial charge in [-0.25, -0.2) is 8.42 Å². The van der Waals surface area contributed by atoms with Gasteiger partial charge in [0, 0.05) is 37.6 Å². The molecule has 0 bridgehead atoms. The fourth-order valence-electron chi connectivity index (χ4n) is 3.61. The van der Waals surface area contributed by atoms with Crippen LogP contribution < -0.4 is 10.2 Å². The molecule has 8 heteroatoms. The maximum Gasteiger partial charge on any atom is 0.313 e. The predicted molar refractivity (Wildman–Crippen MR) is 106 cm³/mol. The molecule has 2 saturated heterocycles. The first-order chi connectivity index (χ1) is 12.7. The largest absolute Gasteiger partial charge is 0.372 e. The van der Waals surface area contributed by atoms with Crippen molar-refractivity contribution in [1.82, 2.24) is 4.90 Å². The molecule has 0 saturated carbocycles. The normalized spacial score (nSPS) is 22.4. The minimum Gasteiger partial charge on any atom is -0.372 e. The molecule has 0 aromatic heterocycles. The van der Waals surface area contributed by atoms with Crippen LogP contribution in [0.1, 0.15) is 26.2 Å². The summed E-state index contributed by atoms with van der Waals surface area (Å²) in [5, 5.41) is 2.61. The van der Waals surface area contributed by atoms with Crippen LogP contribution >= 0.6 is 0 Å². The number of nitrogens with one attached hydrogen (secondary N) is 1. The van der Waals surface area contributed by atoms with Gasteiger partial charge in [-0.05, 0) is 49.4 Å². The number of sulfone groups is 1. The SMILES string of the molecule is CC1CCN(c2ccc(NC(=O)C(=O)N(C)C3CCS(=O)(=O)C3)cc2)CC1. The van der Waals surface area contributed by atoms with E-state index in [2.05, 4.69) is 17.1 Å². The predicted octanol–water partition coefficient (Wildman–Crippen LogP) is 1.51. The smallest absolute Gasteiger partial charge is 0.313 e. The Morgan fingerprint density at radius 1 is 1.11 bits per heavy atom. The van der Waals surface area contributed by atoms with Crippen molar-refractivity contribution >= 4 is 33.0 Å². The molecule has 1 atom stereocenters. The summed E-state index contributed by atoms with van der Waals surface area (Å²) in [5.74, 6) is -0.718. The topological polar surface area (TPSA) is 86.8 Å². The van der Waals surface area contributed by atoms with Gasteiger partial charge in [-0.2, -0.15) is 0 Å². The third kappa shape index (κ3) is 4.80. The summed E-state index contributed by atoms with van der Waals surface area (Å²) < 4.78 is 23.1. The van der Waals surface area contributed by atoms with Crippen molar-refractivity contribution in [3.8, 4) is 0 Å². The van der Waals surface area contributed by atoms with Crippen molar-refractivity contribution in [1.29, 1.82) is 0 Å². The van der Waals surface area contributed by atoms with Crippen LogP contribution in [0, 0.1) is 5.92 Å². The molecule has 2 heterocycles. The van der Waals surface area contributed by atoms with E-state index in [9.17, 15) is 18.0 Å². The molecule has 0 spiro atoms. The zero-order chi connectivity index (χ0) is 19.6. The number of nitrogens with zero attached hydrogens (tertiary/aromatic N) is 2. The number of rotatable bonds is 3. The van der Waals surface area contributed by atoms with Crippen LogP contribution in [0.2, 0.25) is 0 Å². The van der Waals surface area contributed by atoms with E-state index in [-0.39, 0.29) is 11.5 Å². The molecule has 1 aromatic rings. The zero-order valence-electron chi connectivity index (χ0n) is 15.8. The molecular formula is C19H27N3O4S. The fraction of sp³-hybridized carbons (Fsp3) is 0.579. The second-order valence-corrected chi connectivity index (χ2v) is 9.87. The Morgan fingerprint density at radius 3 is 2.30 bits per heavy atom. The van der Waals surface area contributed by atoms with Gasteiger partial charge < -0.3 is 15.1 Å². The lowest BCUT2D eigenvalue weighted by atomic mass is 9.99. The first-order valence-electron chi connectivity index (χ1n) is 9.39. The van der Waals surface area contributed by atoms with Gasteiger partial charge in [-0.3, -0.25) is 9.59 Å². The molecule has 2 fully saturated rings. The Bertz CT molecular complexity index is 799. The van der Waals surface area contributed by atoms with Crippen molar-refractivity contribution in [2.24, 2.45) is 5.92 Å². The maximum atomic E-state index is 12.3. The third-order valence-corrected chi connectivity index (χ3v) is 7.30. The summed E-state index contributed by atoms with van der Waals surface area (Å²) in [6.45, 7) is 4.33. The van der Waals surface area contributed by atoms with Gasteiger partial charge >= 0.3 is 11.8 Å². The highest BCUT2D eigenvalue weighted by Crippen LogP contribution is 2.24. The lowest BCUT2D eigenvalue weighted by molar-refractivity contribution is -0.143. The fourth-order valence-corrected chi connectivity index (χ4v) is 5.39. The highest BCUT2D eigenvalue weighted by molar-refractivity contribution is 7.91. The molecule has 7 nitrogen and oxygen atoms in total. The van der Waals surface area contributed by atoms with E-state index < -0.39 is 27.7 Å². The highest BCUT2D eigenvalue weighted by Gasteiger charge is 2.34. The van der Waals surface area contributed by atoms with E-state index in [1.54, 1.807) is 12.1 Å². The lowest BCUT2D eigenvalue weighted by Crippen LogP contribution is -2.43. The van der Waals surface area contributed by atoms with Crippen LogP contribution in [-0.2, 0) is 19.4 Å². The van der Waals surface area contributed by atoms with Crippen molar-refractivity contribution < 1.29 is 18.0 Å². The minimum atomic E-state index is -3.11. The van der Waals surface area contributed by atoms with Gasteiger partial charge in [-0.15, -0.1) is 0 Å². The number of hydrogen-bond donors (Lipinski definition) is 1. The Labute approximate surface area is 160 Å². The summed E-state index contributed by atoms with van der Waals surface area (Å²) >= 11 is 0. The van der Waals surface area contributed by atoms with Gasteiger partial charge in [-0.1, -0.05) is 6.92 Å². The number of carbonyl (C=O) groups is 2. The molecule has 2 amide bonds. The molecule has 2 aliphatic rings. The average molecular weight is 394 g/mol. The molecule has 0 radical (unpaired) electrons. The highest BCUT2D eigenvalue weighted by atomic mass is 32.2. The van der Waals surface area contributed by atoms with Crippen LogP contribution in [0.15, 0.2) is 24.3 Å². The summed E-state index contributed by atoms with van der Waals surface area (Å²) in [6.07, 6.45) is 2.73. The number of amides is 2. The van der Waals surface area contributed by atoms with E-state index in [4.69, 9.17) is 0 Å². The summed E-state index contributed by atoms with van der Waals surface area (Å²) in [7, 11) is -1.63. The first kappa shape index (κ1) is 19.7. The van der Waals surface area contributed by atoms with Crippen LogP contribution in [0.25, 0.3) is 0 Å². The van der Waals surface area contributed by atoms with E-state index in [1.165, 1.54) is 24.8 Å². The molecule has 2 aliphatic heterocycles. The van der Waals surface area contributed by atoms with Gasteiger partial charge in [0.15, 0.2) is 9.84 Å². The van der Waals surface area contributed by atoms with Gasteiger partial charge in [0.1, 0.15) is 0 Å². The quantitative estimate of drug-likeness (QED) is 0.787. The van der Waals surface area contributed by atoms with Crippen molar-refractivity contribution in [2.45, 2.75) is 32.2 Å². The third-order valence-electron chi connectivity index (χ3n) is 5.54. The number of piperidine rings is 1. The monoisotopic (exact) mass is 393 g/mol. The average Bonchev–Trinajstić information content (AvgIpc) is 3.01. The van der Waals surface area contributed by atoms with E-state index >= 15 is 0 Å². The van der Waals surface area contributed by atoms with E-state index in [0.717, 1.165) is 24.7 Å². The Kier molecular flexibility index (Phi) is 5.74. The standard InChI is InChI=1S/C19H27N3O4S/c1-14-7-10-22(11-8-14)16-5-3-15(4-6-16)20-18(23)19(24)21(2)17-9-12-27(25,26)13-17/h3-6,14,17H,7-13H2,1-2H3,(H,20,23). The molecule has 1 aromatic carbocycles. The maximum absolute atomic E-state index is 12.3. The van der Waals surface area contributed by atoms with Crippen molar-refractivity contribution in [3.05, 3.63) is 24.3 Å². The lowest BCUT2D eigenvalue weighted by Gasteiger charge is -2.32. The van der Waals surface area contributed by atoms with Gasteiger partial charge in [0.05, 0.1) is 11.5 Å². The van der Waals surface area contributed by atoms with Crippen molar-refractivity contribution in [3.63, 3.8) is 0 Å². The molecule has 1 N–H and O–H groups in total. The van der Waals surface area contributed by atoms with Crippen LogP contribution in [0.5, 0.6) is 0 Å². The summed E-state index contributed by atoms with van der Waals surface area (Å²) in [4.78, 5) is 28.1. The van der Waals surface area contributed by atoms with E-state index in [1.807, 2.05) is 12.1 Å². The van der Waals surface area contributed by atoms with E-state index in [0.29, 0.717) is 12.1 Å². The number of anilines is 2. The molecule has 0 aliphatic carbocycles. The van der Waals surface area contributed by atoms with Gasteiger partial charge in [0.25, 0.3) is 0 Å². The Morgan fingerprint density at radius 2 is 1.74 bits per heavy atom. The molecular weight excluding hydrogens is 366 g/mol. The molecule has 1 unspecified atom stereocenters. The molecule has 27 heavy (non-hydrogen) atoms.